The fourth-order valence-electron chi connectivity index (χ4n) is 3.11. The summed E-state index contributed by atoms with van der Waals surface area (Å²) in [7, 11) is 0. The number of aryl methyl sites for hydroxylation is 2. The van der Waals surface area contributed by atoms with E-state index in [2.05, 4.69) is 13.8 Å². The maximum absolute atomic E-state index is 12.4. The van der Waals surface area contributed by atoms with Crippen LogP contribution >= 0.6 is 0 Å². The second kappa shape index (κ2) is 6.42. The molecule has 1 aliphatic rings. The zero-order chi connectivity index (χ0) is 15.6. The molecule has 3 heteroatoms. The first-order chi connectivity index (χ1) is 10.0. The first-order valence-electron chi connectivity index (χ1n) is 7.97. The van der Waals surface area contributed by atoms with Gasteiger partial charge in [-0.15, -0.1) is 0 Å². The summed E-state index contributed by atoms with van der Waals surface area (Å²) in [5.74, 6) is -0.221. The van der Waals surface area contributed by atoms with Crippen molar-refractivity contribution >= 4 is 17.4 Å². The largest absolute Gasteiger partial charge is 0.304 e. The normalized spacial score (nSPS) is 15.5. The van der Waals surface area contributed by atoms with Crippen molar-refractivity contribution in [2.24, 2.45) is 5.92 Å². The van der Waals surface area contributed by atoms with Gasteiger partial charge in [0.2, 0.25) is 0 Å². The van der Waals surface area contributed by atoms with Crippen LogP contribution in [0.2, 0.25) is 0 Å². The third-order valence-corrected chi connectivity index (χ3v) is 4.51. The molecule has 114 valence electrons. The summed E-state index contributed by atoms with van der Waals surface area (Å²) in [6.45, 7) is 8.89. The minimum Gasteiger partial charge on any atom is -0.304 e. The van der Waals surface area contributed by atoms with E-state index < -0.39 is 0 Å². The highest BCUT2D eigenvalue weighted by molar-refractivity contribution is 6.52. The van der Waals surface area contributed by atoms with Gasteiger partial charge >= 0.3 is 0 Å². The number of unbranched alkanes of at least 4 members (excludes halogenated alkanes) is 1. The molecule has 3 nitrogen and oxygen atoms in total. The summed E-state index contributed by atoms with van der Waals surface area (Å²) < 4.78 is 0. The topological polar surface area (TPSA) is 37.4 Å². The number of carbonyl (C=O) groups excluding carboxylic acids is 2. The van der Waals surface area contributed by atoms with E-state index in [9.17, 15) is 9.59 Å². The summed E-state index contributed by atoms with van der Waals surface area (Å²) >= 11 is 0. The van der Waals surface area contributed by atoms with Gasteiger partial charge in [-0.3, -0.25) is 9.59 Å². The molecule has 0 spiro atoms. The van der Waals surface area contributed by atoms with Gasteiger partial charge in [0.1, 0.15) is 0 Å². The number of nitrogens with zero attached hydrogens (tertiary/aromatic N) is 1. The number of carbonyl (C=O) groups is 2. The molecule has 0 fully saturated rings. The van der Waals surface area contributed by atoms with Crippen LogP contribution in [0.1, 0.15) is 61.0 Å². The van der Waals surface area contributed by atoms with Crippen molar-refractivity contribution in [1.82, 2.24) is 0 Å². The molecule has 1 unspecified atom stereocenters. The zero-order valence-corrected chi connectivity index (χ0v) is 13.5. The third-order valence-electron chi connectivity index (χ3n) is 4.51. The number of rotatable bonds is 6. The Morgan fingerprint density at radius 2 is 1.76 bits per heavy atom. The summed E-state index contributed by atoms with van der Waals surface area (Å²) in [6.07, 6.45) is 4.50. The number of hydrogen-bond acceptors (Lipinski definition) is 2. The van der Waals surface area contributed by atoms with Gasteiger partial charge in [0.15, 0.2) is 0 Å². The SMILES string of the molecule is CCCCC(CC)CN1C(=O)C(=O)c2c(C)ccc(C)c21. The molecule has 0 aliphatic carbocycles. The summed E-state index contributed by atoms with van der Waals surface area (Å²) in [4.78, 5) is 26.4. The highest BCUT2D eigenvalue weighted by Gasteiger charge is 2.38. The Morgan fingerprint density at radius 1 is 1.10 bits per heavy atom. The summed E-state index contributed by atoms with van der Waals surface area (Å²) in [5, 5.41) is 0. The lowest BCUT2D eigenvalue weighted by Gasteiger charge is -2.24. The standard InChI is InChI=1S/C18H25NO2/c1-5-7-8-14(6-2)11-19-16-13(4)10-9-12(3)15(16)17(20)18(19)21/h9-10,14H,5-8,11H2,1-4H3. The van der Waals surface area contributed by atoms with E-state index in [1.54, 1.807) is 4.90 Å². The van der Waals surface area contributed by atoms with Crippen LogP contribution in [0.5, 0.6) is 0 Å². The van der Waals surface area contributed by atoms with Crippen molar-refractivity contribution in [3.8, 4) is 0 Å². The Bertz CT molecular complexity index is 563. The Kier molecular flexibility index (Phi) is 4.81. The van der Waals surface area contributed by atoms with Crippen LogP contribution in [-0.4, -0.2) is 18.2 Å². The van der Waals surface area contributed by atoms with Crippen molar-refractivity contribution in [1.29, 1.82) is 0 Å². The van der Waals surface area contributed by atoms with Crippen molar-refractivity contribution < 1.29 is 9.59 Å². The number of fused-ring (bicyclic) bond motifs is 1. The number of benzene rings is 1. The van der Waals surface area contributed by atoms with E-state index in [1.807, 2.05) is 26.0 Å². The van der Waals surface area contributed by atoms with Crippen LogP contribution in [0.25, 0.3) is 0 Å². The first-order valence-corrected chi connectivity index (χ1v) is 7.97. The molecule has 0 N–H and O–H groups in total. The van der Waals surface area contributed by atoms with E-state index in [1.165, 1.54) is 6.42 Å². The average molecular weight is 287 g/mol. The minimum atomic E-state index is -0.350. The molecular weight excluding hydrogens is 262 g/mol. The lowest BCUT2D eigenvalue weighted by atomic mass is 9.98. The van der Waals surface area contributed by atoms with Crippen LogP contribution in [0.3, 0.4) is 0 Å². The van der Waals surface area contributed by atoms with E-state index in [0.717, 1.165) is 36.1 Å². The van der Waals surface area contributed by atoms with Crippen molar-refractivity contribution in [2.75, 3.05) is 11.4 Å². The van der Waals surface area contributed by atoms with Crippen LogP contribution in [0.4, 0.5) is 5.69 Å². The Hall–Kier alpha value is -1.64. The lowest BCUT2D eigenvalue weighted by molar-refractivity contribution is -0.114. The molecule has 0 saturated carbocycles. The highest BCUT2D eigenvalue weighted by Crippen LogP contribution is 2.35. The molecule has 1 amide bonds. The quantitative estimate of drug-likeness (QED) is 0.740. The first kappa shape index (κ1) is 15.7. The van der Waals surface area contributed by atoms with Crippen molar-refractivity contribution in [3.63, 3.8) is 0 Å². The number of amides is 1. The summed E-state index contributed by atoms with van der Waals surface area (Å²) in [6, 6.07) is 3.93. The Morgan fingerprint density at radius 3 is 2.38 bits per heavy atom. The monoisotopic (exact) mass is 287 g/mol. The van der Waals surface area contributed by atoms with Gasteiger partial charge in [0.25, 0.3) is 11.7 Å². The minimum absolute atomic E-state index is 0.337. The van der Waals surface area contributed by atoms with Gasteiger partial charge in [-0.05, 0) is 37.3 Å². The summed E-state index contributed by atoms with van der Waals surface area (Å²) in [5.41, 5.74) is 3.38. The number of hydrogen-bond donors (Lipinski definition) is 0. The molecule has 0 saturated heterocycles. The van der Waals surface area contributed by atoms with Gasteiger partial charge in [-0.2, -0.15) is 0 Å². The molecular formula is C18H25NO2. The highest BCUT2D eigenvalue weighted by atomic mass is 16.2. The smallest absolute Gasteiger partial charge is 0.299 e. The third kappa shape index (κ3) is 2.87. The van der Waals surface area contributed by atoms with Crippen LogP contribution in [-0.2, 0) is 4.79 Å². The van der Waals surface area contributed by atoms with Crippen molar-refractivity contribution in [3.05, 3.63) is 28.8 Å². The lowest BCUT2D eigenvalue weighted by Crippen LogP contribution is -2.34. The number of Topliss-reactive ketones (excluding diaryl/α,β-unsaturated/α-hetero) is 1. The number of ketones is 1. The maximum Gasteiger partial charge on any atom is 0.299 e. The van der Waals surface area contributed by atoms with Gasteiger partial charge in [0, 0.05) is 6.54 Å². The fraction of sp³-hybridized carbons (Fsp3) is 0.556. The Balaban J connectivity index is 2.32. The predicted molar refractivity (Wildman–Crippen MR) is 85.9 cm³/mol. The number of anilines is 1. The molecule has 0 aromatic heterocycles. The molecule has 1 aromatic rings. The molecule has 0 radical (unpaired) electrons. The predicted octanol–water partition coefficient (Wildman–Crippen LogP) is 4.05. The second-order valence-electron chi connectivity index (χ2n) is 6.08. The van der Waals surface area contributed by atoms with Crippen LogP contribution < -0.4 is 4.90 Å². The van der Waals surface area contributed by atoms with E-state index in [0.29, 0.717) is 18.0 Å². The van der Waals surface area contributed by atoms with Crippen LogP contribution in [0.15, 0.2) is 12.1 Å². The van der Waals surface area contributed by atoms with Crippen LogP contribution in [0, 0.1) is 19.8 Å². The molecule has 1 heterocycles. The van der Waals surface area contributed by atoms with Gasteiger partial charge < -0.3 is 4.90 Å². The van der Waals surface area contributed by atoms with E-state index >= 15 is 0 Å². The zero-order valence-electron chi connectivity index (χ0n) is 13.5. The second-order valence-corrected chi connectivity index (χ2v) is 6.08. The molecule has 1 aromatic carbocycles. The van der Waals surface area contributed by atoms with Crippen molar-refractivity contribution in [2.45, 2.75) is 53.4 Å². The van der Waals surface area contributed by atoms with E-state index in [4.69, 9.17) is 0 Å². The Labute approximate surface area is 127 Å². The van der Waals surface area contributed by atoms with Gasteiger partial charge in [-0.25, -0.2) is 0 Å². The molecule has 2 rings (SSSR count). The molecule has 1 aliphatic heterocycles. The average Bonchev–Trinajstić information content (AvgIpc) is 2.73. The molecule has 21 heavy (non-hydrogen) atoms. The fourth-order valence-corrected chi connectivity index (χ4v) is 3.11. The van der Waals surface area contributed by atoms with Gasteiger partial charge in [0.05, 0.1) is 11.3 Å². The maximum atomic E-state index is 12.4. The molecule has 1 atom stereocenters. The van der Waals surface area contributed by atoms with E-state index in [-0.39, 0.29) is 11.7 Å². The van der Waals surface area contributed by atoms with Gasteiger partial charge in [-0.1, -0.05) is 45.2 Å². The molecule has 0 bridgehead atoms.